The highest BCUT2D eigenvalue weighted by atomic mass is 16.6. The predicted octanol–water partition coefficient (Wildman–Crippen LogP) is 2.35. The van der Waals surface area contributed by atoms with E-state index < -0.39 is 16.5 Å². The minimum absolute atomic E-state index is 0.0242. The zero-order chi connectivity index (χ0) is 15.5. The average molecular weight is 280 g/mol. The van der Waals surface area contributed by atoms with Crippen LogP contribution in [-0.2, 0) is 9.53 Å². The molecule has 0 radical (unpaired) electrons. The SMILES string of the molecule is C=C(C(=O)OC(C)(C)C)c1cc(OC)ncc1[N+](=O)[O-]. The highest BCUT2D eigenvalue weighted by Crippen LogP contribution is 2.28. The van der Waals surface area contributed by atoms with Crippen molar-refractivity contribution in [3.05, 3.63) is 34.5 Å². The van der Waals surface area contributed by atoms with Crippen LogP contribution in [0.4, 0.5) is 5.69 Å². The zero-order valence-corrected chi connectivity index (χ0v) is 11.8. The van der Waals surface area contributed by atoms with Gasteiger partial charge in [-0.05, 0) is 20.8 Å². The molecule has 108 valence electrons. The highest BCUT2D eigenvalue weighted by Gasteiger charge is 2.26. The van der Waals surface area contributed by atoms with Crippen molar-refractivity contribution in [2.24, 2.45) is 0 Å². The van der Waals surface area contributed by atoms with Gasteiger partial charge in [0.2, 0.25) is 5.88 Å². The minimum atomic E-state index is -0.728. The Morgan fingerprint density at radius 3 is 2.50 bits per heavy atom. The van der Waals surface area contributed by atoms with Crippen LogP contribution >= 0.6 is 0 Å². The largest absolute Gasteiger partial charge is 0.481 e. The molecule has 0 saturated heterocycles. The Balaban J connectivity index is 3.19. The number of ether oxygens (including phenoxy) is 2. The van der Waals surface area contributed by atoms with Crippen LogP contribution in [0.3, 0.4) is 0 Å². The number of hydrogen-bond acceptors (Lipinski definition) is 6. The fourth-order valence-electron chi connectivity index (χ4n) is 1.38. The third-order valence-corrected chi connectivity index (χ3v) is 2.23. The van der Waals surface area contributed by atoms with Gasteiger partial charge in [0, 0.05) is 6.07 Å². The van der Waals surface area contributed by atoms with E-state index in [1.807, 2.05) is 0 Å². The first-order valence-electron chi connectivity index (χ1n) is 5.76. The smallest absolute Gasteiger partial charge is 0.338 e. The number of methoxy groups -OCH3 is 1. The van der Waals surface area contributed by atoms with E-state index >= 15 is 0 Å². The summed E-state index contributed by atoms with van der Waals surface area (Å²) in [4.78, 5) is 26.0. The van der Waals surface area contributed by atoms with Gasteiger partial charge in [0.05, 0.1) is 23.2 Å². The molecule has 0 unspecified atom stereocenters. The van der Waals surface area contributed by atoms with Crippen molar-refractivity contribution >= 4 is 17.2 Å². The van der Waals surface area contributed by atoms with Crippen LogP contribution in [0.15, 0.2) is 18.8 Å². The van der Waals surface area contributed by atoms with E-state index in [0.29, 0.717) is 0 Å². The first-order chi connectivity index (χ1) is 9.15. The Morgan fingerprint density at radius 1 is 1.45 bits per heavy atom. The molecule has 0 aliphatic carbocycles. The van der Waals surface area contributed by atoms with Crippen LogP contribution in [0.1, 0.15) is 26.3 Å². The van der Waals surface area contributed by atoms with Gasteiger partial charge < -0.3 is 9.47 Å². The summed E-state index contributed by atoms with van der Waals surface area (Å²) in [6.45, 7) is 8.65. The highest BCUT2D eigenvalue weighted by molar-refractivity contribution is 6.17. The van der Waals surface area contributed by atoms with Gasteiger partial charge in [0.25, 0.3) is 5.69 Å². The summed E-state index contributed by atoms with van der Waals surface area (Å²) in [5.41, 5.74) is -1.14. The number of rotatable bonds is 4. The van der Waals surface area contributed by atoms with Crippen molar-refractivity contribution in [3.8, 4) is 5.88 Å². The lowest BCUT2D eigenvalue weighted by Crippen LogP contribution is -2.24. The molecule has 1 aromatic heterocycles. The molecule has 0 amide bonds. The zero-order valence-electron chi connectivity index (χ0n) is 11.8. The number of pyridine rings is 1. The van der Waals surface area contributed by atoms with Crippen LogP contribution in [0.2, 0.25) is 0 Å². The quantitative estimate of drug-likeness (QED) is 0.364. The molecule has 0 aromatic carbocycles. The van der Waals surface area contributed by atoms with Gasteiger partial charge in [-0.3, -0.25) is 10.1 Å². The maximum Gasteiger partial charge on any atom is 0.338 e. The molecule has 7 nitrogen and oxygen atoms in total. The molecule has 20 heavy (non-hydrogen) atoms. The molecule has 1 rings (SSSR count). The minimum Gasteiger partial charge on any atom is -0.481 e. The van der Waals surface area contributed by atoms with E-state index in [0.717, 1.165) is 6.20 Å². The van der Waals surface area contributed by atoms with E-state index in [1.165, 1.54) is 13.2 Å². The van der Waals surface area contributed by atoms with Crippen molar-refractivity contribution < 1.29 is 19.2 Å². The number of hydrogen-bond donors (Lipinski definition) is 0. The van der Waals surface area contributed by atoms with Crippen LogP contribution in [-0.4, -0.2) is 28.6 Å². The Labute approximate surface area is 116 Å². The number of esters is 1. The normalized spacial score (nSPS) is 10.8. The van der Waals surface area contributed by atoms with Crippen molar-refractivity contribution in [2.75, 3.05) is 7.11 Å². The molecule has 0 fully saturated rings. The van der Waals surface area contributed by atoms with Crippen LogP contribution in [0.5, 0.6) is 5.88 Å². The maximum atomic E-state index is 11.9. The molecule has 1 heterocycles. The third kappa shape index (κ3) is 3.78. The number of aromatic nitrogens is 1. The monoisotopic (exact) mass is 280 g/mol. The first-order valence-corrected chi connectivity index (χ1v) is 5.76. The van der Waals surface area contributed by atoms with Crippen LogP contribution in [0.25, 0.3) is 5.57 Å². The van der Waals surface area contributed by atoms with Crippen molar-refractivity contribution in [3.63, 3.8) is 0 Å². The molecule has 0 aliphatic rings. The van der Waals surface area contributed by atoms with Gasteiger partial charge in [0.15, 0.2) is 0 Å². The summed E-state index contributed by atoms with van der Waals surface area (Å²) in [6, 6.07) is 1.28. The van der Waals surface area contributed by atoms with E-state index in [4.69, 9.17) is 9.47 Å². The van der Waals surface area contributed by atoms with Crippen LogP contribution < -0.4 is 4.74 Å². The summed E-state index contributed by atoms with van der Waals surface area (Å²) in [6.07, 6.45) is 1.02. The summed E-state index contributed by atoms with van der Waals surface area (Å²) in [5, 5.41) is 11.0. The van der Waals surface area contributed by atoms with Gasteiger partial charge in [-0.25, -0.2) is 9.78 Å². The lowest BCUT2D eigenvalue weighted by Gasteiger charge is -2.20. The molecular weight excluding hydrogens is 264 g/mol. The van der Waals surface area contributed by atoms with Crippen molar-refractivity contribution in [1.29, 1.82) is 0 Å². The van der Waals surface area contributed by atoms with Gasteiger partial charge in [0.1, 0.15) is 11.8 Å². The molecule has 0 N–H and O–H groups in total. The number of carbonyl (C=O) groups is 1. The Kier molecular flexibility index (Phi) is 4.44. The molecule has 0 spiro atoms. The first kappa shape index (κ1) is 15.6. The second-order valence-corrected chi connectivity index (χ2v) is 4.98. The van der Waals surface area contributed by atoms with Crippen molar-refractivity contribution in [1.82, 2.24) is 4.98 Å². The Hall–Kier alpha value is -2.44. The lowest BCUT2D eigenvalue weighted by molar-refractivity contribution is -0.385. The molecule has 7 heteroatoms. The summed E-state index contributed by atoms with van der Waals surface area (Å²) in [7, 11) is 1.37. The van der Waals surface area contributed by atoms with Crippen LogP contribution in [0, 0.1) is 10.1 Å². The second kappa shape index (κ2) is 5.68. The van der Waals surface area contributed by atoms with E-state index in [2.05, 4.69) is 11.6 Å². The number of carbonyl (C=O) groups excluding carboxylic acids is 1. The predicted molar refractivity (Wildman–Crippen MR) is 72.3 cm³/mol. The number of nitrogens with zero attached hydrogens (tertiary/aromatic N) is 2. The Bertz CT molecular complexity index is 560. The maximum absolute atomic E-state index is 11.9. The lowest BCUT2D eigenvalue weighted by atomic mass is 10.1. The third-order valence-electron chi connectivity index (χ3n) is 2.23. The molecular formula is C13H16N2O5. The summed E-state index contributed by atoms with van der Waals surface area (Å²) < 4.78 is 10.0. The van der Waals surface area contributed by atoms with Gasteiger partial charge >= 0.3 is 5.97 Å². The van der Waals surface area contributed by atoms with E-state index in [1.54, 1.807) is 20.8 Å². The summed E-state index contributed by atoms with van der Waals surface area (Å²) >= 11 is 0. The fraction of sp³-hybridized carbons (Fsp3) is 0.385. The topological polar surface area (TPSA) is 91.6 Å². The molecule has 1 aromatic rings. The standard InChI is InChI=1S/C13H16N2O5/c1-8(12(16)20-13(2,3)4)9-6-11(19-5)14-7-10(9)15(17)18/h6-7H,1H2,2-5H3. The van der Waals surface area contributed by atoms with E-state index in [9.17, 15) is 14.9 Å². The van der Waals surface area contributed by atoms with E-state index in [-0.39, 0.29) is 22.7 Å². The molecule has 0 aliphatic heterocycles. The van der Waals surface area contributed by atoms with Crippen molar-refractivity contribution in [2.45, 2.75) is 26.4 Å². The fourth-order valence-corrected chi connectivity index (χ4v) is 1.38. The van der Waals surface area contributed by atoms with Gasteiger partial charge in [-0.15, -0.1) is 0 Å². The average Bonchev–Trinajstić information content (AvgIpc) is 2.34. The molecule has 0 bridgehead atoms. The number of nitro groups is 1. The second-order valence-electron chi connectivity index (χ2n) is 4.98. The summed E-state index contributed by atoms with van der Waals surface area (Å²) in [5.74, 6) is -0.579. The molecule has 0 saturated carbocycles. The van der Waals surface area contributed by atoms with Gasteiger partial charge in [-0.2, -0.15) is 0 Å². The Morgan fingerprint density at radius 2 is 2.05 bits per heavy atom. The molecule has 0 atom stereocenters. The van der Waals surface area contributed by atoms with Gasteiger partial charge in [-0.1, -0.05) is 6.58 Å².